The molecule has 0 amide bonds. The van der Waals surface area contributed by atoms with E-state index in [1.165, 1.54) is 0 Å². The molecule has 5 heteroatoms. The maximum atomic E-state index is 10.8. The van der Waals surface area contributed by atoms with Gasteiger partial charge in [-0.25, -0.2) is 9.78 Å². The van der Waals surface area contributed by atoms with Crippen LogP contribution in [0.1, 0.15) is 15.9 Å². The zero-order chi connectivity index (χ0) is 13.9. The Hall–Kier alpha value is -2.40. The summed E-state index contributed by atoms with van der Waals surface area (Å²) in [6, 6.07) is 10.9. The SMILES string of the molecule is O=C(O)c1ccc(CNc2ccnc3sccc23)cc1. The van der Waals surface area contributed by atoms with Gasteiger partial charge in [-0.1, -0.05) is 12.1 Å². The molecule has 0 saturated carbocycles. The second-order valence-electron chi connectivity index (χ2n) is 4.35. The number of carboxylic acids is 1. The Kier molecular flexibility index (Phi) is 3.35. The molecule has 0 saturated heterocycles. The van der Waals surface area contributed by atoms with Crippen LogP contribution >= 0.6 is 11.3 Å². The highest BCUT2D eigenvalue weighted by Crippen LogP contribution is 2.26. The number of hydrogen-bond acceptors (Lipinski definition) is 4. The van der Waals surface area contributed by atoms with Crippen molar-refractivity contribution in [1.29, 1.82) is 0 Å². The Morgan fingerprint density at radius 1 is 1.20 bits per heavy atom. The van der Waals surface area contributed by atoms with E-state index in [9.17, 15) is 4.79 Å². The predicted octanol–water partition coefficient (Wildman–Crippen LogP) is 3.61. The van der Waals surface area contributed by atoms with Crippen molar-refractivity contribution in [2.45, 2.75) is 6.54 Å². The van der Waals surface area contributed by atoms with E-state index in [1.807, 2.05) is 29.6 Å². The number of nitrogens with one attached hydrogen (secondary N) is 1. The molecule has 2 heterocycles. The molecule has 0 aliphatic heterocycles. The highest BCUT2D eigenvalue weighted by Gasteiger charge is 2.04. The molecule has 0 bridgehead atoms. The lowest BCUT2D eigenvalue weighted by Crippen LogP contribution is -2.01. The largest absolute Gasteiger partial charge is 0.478 e. The Bertz CT molecular complexity index is 750. The van der Waals surface area contributed by atoms with Gasteiger partial charge in [-0.2, -0.15) is 0 Å². The highest BCUT2D eigenvalue weighted by atomic mass is 32.1. The molecule has 0 aliphatic rings. The molecule has 20 heavy (non-hydrogen) atoms. The number of carbonyl (C=O) groups is 1. The number of rotatable bonds is 4. The molecule has 0 unspecified atom stereocenters. The van der Waals surface area contributed by atoms with E-state index in [0.29, 0.717) is 12.1 Å². The van der Waals surface area contributed by atoms with Crippen molar-refractivity contribution >= 4 is 33.2 Å². The van der Waals surface area contributed by atoms with Crippen LogP contribution in [0.4, 0.5) is 5.69 Å². The molecule has 4 nitrogen and oxygen atoms in total. The van der Waals surface area contributed by atoms with Crippen molar-refractivity contribution in [3.63, 3.8) is 0 Å². The van der Waals surface area contributed by atoms with Crippen LogP contribution in [0.15, 0.2) is 48.0 Å². The zero-order valence-corrected chi connectivity index (χ0v) is 11.4. The zero-order valence-electron chi connectivity index (χ0n) is 10.5. The van der Waals surface area contributed by atoms with Crippen LogP contribution < -0.4 is 5.32 Å². The standard InChI is InChI=1S/C15H12N2O2S/c18-15(19)11-3-1-10(2-4-11)9-17-13-5-7-16-14-12(13)6-8-20-14/h1-8H,9H2,(H,16,17)(H,18,19). The third kappa shape index (κ3) is 2.48. The summed E-state index contributed by atoms with van der Waals surface area (Å²) in [5.74, 6) is -0.904. The Morgan fingerprint density at radius 3 is 2.75 bits per heavy atom. The second kappa shape index (κ2) is 5.30. The fourth-order valence-electron chi connectivity index (χ4n) is 1.99. The number of aromatic nitrogens is 1. The first-order valence-corrected chi connectivity index (χ1v) is 7.00. The monoisotopic (exact) mass is 284 g/mol. The quantitative estimate of drug-likeness (QED) is 0.768. The molecule has 3 aromatic rings. The molecule has 2 aromatic heterocycles. The van der Waals surface area contributed by atoms with Crippen LogP contribution in [0.3, 0.4) is 0 Å². The maximum Gasteiger partial charge on any atom is 0.335 e. The van der Waals surface area contributed by atoms with Crippen LogP contribution in [0.25, 0.3) is 10.2 Å². The summed E-state index contributed by atoms with van der Waals surface area (Å²) in [4.78, 5) is 16.1. The minimum Gasteiger partial charge on any atom is -0.478 e. The van der Waals surface area contributed by atoms with Crippen molar-refractivity contribution in [3.8, 4) is 0 Å². The van der Waals surface area contributed by atoms with Gasteiger partial charge < -0.3 is 10.4 Å². The van der Waals surface area contributed by atoms with Crippen molar-refractivity contribution in [1.82, 2.24) is 4.98 Å². The van der Waals surface area contributed by atoms with Crippen LogP contribution in [-0.4, -0.2) is 16.1 Å². The van der Waals surface area contributed by atoms with E-state index >= 15 is 0 Å². The molecule has 0 radical (unpaired) electrons. The number of anilines is 1. The smallest absolute Gasteiger partial charge is 0.335 e. The number of thiophene rings is 1. The summed E-state index contributed by atoms with van der Waals surface area (Å²) in [6.45, 7) is 0.648. The van der Waals surface area contributed by atoms with E-state index < -0.39 is 5.97 Å². The third-order valence-electron chi connectivity index (χ3n) is 3.05. The predicted molar refractivity (Wildman–Crippen MR) is 80.3 cm³/mol. The molecule has 1 aromatic carbocycles. The lowest BCUT2D eigenvalue weighted by atomic mass is 10.1. The van der Waals surface area contributed by atoms with Gasteiger partial charge in [-0.15, -0.1) is 11.3 Å². The lowest BCUT2D eigenvalue weighted by molar-refractivity contribution is 0.0697. The average Bonchev–Trinajstić information content (AvgIpc) is 2.94. The number of pyridine rings is 1. The average molecular weight is 284 g/mol. The third-order valence-corrected chi connectivity index (χ3v) is 3.87. The number of carboxylic acid groups (broad SMARTS) is 1. The van der Waals surface area contributed by atoms with Gasteiger partial charge in [-0.05, 0) is 35.2 Å². The van der Waals surface area contributed by atoms with E-state index in [1.54, 1.807) is 29.7 Å². The van der Waals surface area contributed by atoms with Gasteiger partial charge in [-0.3, -0.25) is 0 Å². The van der Waals surface area contributed by atoms with Crippen molar-refractivity contribution in [2.24, 2.45) is 0 Å². The minimum absolute atomic E-state index is 0.304. The molecule has 0 aliphatic carbocycles. The number of aromatic carboxylic acids is 1. The summed E-state index contributed by atoms with van der Waals surface area (Å²) < 4.78 is 0. The molecular formula is C15H12N2O2S. The van der Waals surface area contributed by atoms with Crippen LogP contribution in [-0.2, 0) is 6.54 Å². The number of fused-ring (bicyclic) bond motifs is 1. The molecule has 0 fully saturated rings. The lowest BCUT2D eigenvalue weighted by Gasteiger charge is -2.07. The van der Waals surface area contributed by atoms with E-state index in [0.717, 1.165) is 21.5 Å². The number of nitrogens with zero attached hydrogens (tertiary/aromatic N) is 1. The second-order valence-corrected chi connectivity index (χ2v) is 5.25. The first-order valence-electron chi connectivity index (χ1n) is 6.12. The van der Waals surface area contributed by atoms with Crippen molar-refractivity contribution < 1.29 is 9.90 Å². The molecule has 0 atom stereocenters. The van der Waals surface area contributed by atoms with Gasteiger partial charge in [0.1, 0.15) is 4.83 Å². The van der Waals surface area contributed by atoms with Crippen LogP contribution in [0.5, 0.6) is 0 Å². The summed E-state index contributed by atoms with van der Waals surface area (Å²) in [7, 11) is 0. The summed E-state index contributed by atoms with van der Waals surface area (Å²) in [5.41, 5.74) is 2.38. The highest BCUT2D eigenvalue weighted by molar-refractivity contribution is 7.16. The number of hydrogen-bond donors (Lipinski definition) is 2. The Labute approximate surface area is 119 Å². The van der Waals surface area contributed by atoms with E-state index in [-0.39, 0.29) is 0 Å². The van der Waals surface area contributed by atoms with Gasteiger partial charge in [0.05, 0.1) is 5.56 Å². The normalized spacial score (nSPS) is 10.6. The minimum atomic E-state index is -0.904. The van der Waals surface area contributed by atoms with Gasteiger partial charge in [0, 0.05) is 23.8 Å². The van der Waals surface area contributed by atoms with Crippen molar-refractivity contribution in [2.75, 3.05) is 5.32 Å². The number of benzene rings is 1. The Balaban J connectivity index is 1.76. The summed E-state index contributed by atoms with van der Waals surface area (Å²) in [5, 5.41) is 15.3. The van der Waals surface area contributed by atoms with Crippen LogP contribution in [0, 0.1) is 0 Å². The first kappa shape index (κ1) is 12.6. The fourth-order valence-corrected chi connectivity index (χ4v) is 2.75. The van der Waals surface area contributed by atoms with Crippen molar-refractivity contribution in [3.05, 3.63) is 59.1 Å². The van der Waals surface area contributed by atoms with Gasteiger partial charge >= 0.3 is 5.97 Å². The molecule has 100 valence electrons. The molecule has 0 spiro atoms. The summed E-state index contributed by atoms with van der Waals surface area (Å²) >= 11 is 1.61. The van der Waals surface area contributed by atoms with Crippen LogP contribution in [0.2, 0.25) is 0 Å². The maximum absolute atomic E-state index is 10.8. The van der Waals surface area contributed by atoms with Gasteiger partial charge in [0.25, 0.3) is 0 Å². The van der Waals surface area contributed by atoms with Gasteiger partial charge in [0.15, 0.2) is 0 Å². The fraction of sp³-hybridized carbons (Fsp3) is 0.0667. The first-order chi connectivity index (χ1) is 9.74. The van der Waals surface area contributed by atoms with Gasteiger partial charge in [0.2, 0.25) is 0 Å². The molecule has 3 rings (SSSR count). The van der Waals surface area contributed by atoms with E-state index in [4.69, 9.17) is 5.11 Å². The summed E-state index contributed by atoms with van der Waals surface area (Å²) in [6.07, 6.45) is 1.79. The Morgan fingerprint density at radius 2 is 2.00 bits per heavy atom. The topological polar surface area (TPSA) is 62.2 Å². The molecule has 2 N–H and O–H groups in total. The van der Waals surface area contributed by atoms with E-state index in [2.05, 4.69) is 10.3 Å². The molecular weight excluding hydrogens is 272 g/mol.